The number of likely N-dealkylation sites (tertiary alicyclic amines) is 1. The molecule has 22 heavy (non-hydrogen) atoms. The molecule has 0 aromatic heterocycles. The fraction of sp³-hybridized carbons (Fsp3) is 0.700. The molecule has 0 radical (unpaired) electrons. The molecule has 2 unspecified atom stereocenters. The van der Waals surface area contributed by atoms with Gasteiger partial charge in [0.15, 0.2) is 0 Å². The number of hydrogen-bond acceptors (Lipinski definition) is 2. The highest BCUT2D eigenvalue weighted by molar-refractivity contribution is 5.22. The summed E-state index contributed by atoms with van der Waals surface area (Å²) in [5.74, 6) is 3.69. The Morgan fingerprint density at radius 1 is 0.955 bits per heavy atom. The molecule has 4 fully saturated rings. The number of aliphatic hydroxyl groups is 1. The van der Waals surface area contributed by atoms with Crippen LogP contribution >= 0.6 is 0 Å². The second kappa shape index (κ2) is 5.35. The zero-order chi connectivity index (χ0) is 15.3. The van der Waals surface area contributed by atoms with Crippen LogP contribution in [0, 0.1) is 23.7 Å². The highest BCUT2D eigenvalue weighted by atomic mass is 16.3. The first kappa shape index (κ1) is 14.7. The van der Waals surface area contributed by atoms with E-state index in [1.165, 1.54) is 44.3 Å². The Labute approximate surface area is 134 Å². The van der Waals surface area contributed by atoms with Gasteiger partial charge in [-0.2, -0.15) is 0 Å². The molecule has 1 saturated heterocycles. The second-order valence-corrected chi connectivity index (χ2v) is 8.42. The molecular weight excluding hydrogens is 270 g/mol. The summed E-state index contributed by atoms with van der Waals surface area (Å²) in [4.78, 5) is 2.60. The monoisotopic (exact) mass is 299 g/mol. The van der Waals surface area contributed by atoms with Crippen LogP contribution in [0.2, 0.25) is 0 Å². The zero-order valence-electron chi connectivity index (χ0n) is 13.9. The molecular formula is C20H29NO. The molecule has 1 aromatic rings. The Morgan fingerprint density at radius 2 is 1.45 bits per heavy atom. The standard InChI is InChI=1S/C20H29NO/c1-20(2,22)19(16-6-4-3-5-7-16)21-12-17-14-8-9-15(11-10-14)18(17)13-21/h3-7,14-15,17-19,22H,8-13H2,1-2H3/t14?,15?,17?,18?,19-/m0/s1. The van der Waals surface area contributed by atoms with E-state index in [4.69, 9.17) is 0 Å². The molecule has 5 rings (SSSR count). The summed E-state index contributed by atoms with van der Waals surface area (Å²) in [6.45, 7) is 6.33. The van der Waals surface area contributed by atoms with E-state index in [2.05, 4.69) is 35.2 Å². The van der Waals surface area contributed by atoms with Crippen molar-refractivity contribution < 1.29 is 5.11 Å². The predicted octanol–water partition coefficient (Wildman–Crippen LogP) is 3.87. The lowest BCUT2D eigenvalue weighted by Crippen LogP contribution is -2.41. The molecule has 2 nitrogen and oxygen atoms in total. The molecule has 1 aromatic carbocycles. The quantitative estimate of drug-likeness (QED) is 0.916. The second-order valence-electron chi connectivity index (χ2n) is 8.42. The largest absolute Gasteiger partial charge is 0.388 e. The van der Waals surface area contributed by atoms with Crippen molar-refractivity contribution >= 4 is 0 Å². The van der Waals surface area contributed by atoms with Gasteiger partial charge in [-0.25, -0.2) is 0 Å². The van der Waals surface area contributed by atoms with Gasteiger partial charge in [0.2, 0.25) is 0 Å². The van der Waals surface area contributed by atoms with Crippen molar-refractivity contribution in [2.45, 2.75) is 51.2 Å². The molecule has 4 aliphatic rings. The molecule has 0 spiro atoms. The molecule has 3 aliphatic carbocycles. The fourth-order valence-corrected chi connectivity index (χ4v) is 5.80. The lowest BCUT2D eigenvalue weighted by Gasteiger charge is -2.45. The van der Waals surface area contributed by atoms with Gasteiger partial charge in [0.1, 0.15) is 0 Å². The van der Waals surface area contributed by atoms with Crippen LogP contribution in [0.5, 0.6) is 0 Å². The van der Waals surface area contributed by atoms with Crippen molar-refractivity contribution in [2.75, 3.05) is 13.1 Å². The molecule has 0 amide bonds. The van der Waals surface area contributed by atoms with Crippen LogP contribution in [0.1, 0.15) is 51.1 Å². The molecule has 1 heterocycles. The third kappa shape index (κ3) is 2.41. The maximum atomic E-state index is 10.8. The average molecular weight is 299 g/mol. The minimum absolute atomic E-state index is 0.124. The van der Waals surface area contributed by atoms with E-state index in [0.717, 1.165) is 23.7 Å². The third-order valence-corrected chi connectivity index (χ3v) is 6.62. The van der Waals surface area contributed by atoms with Crippen molar-refractivity contribution in [1.82, 2.24) is 4.90 Å². The van der Waals surface area contributed by atoms with Gasteiger partial charge in [-0.15, -0.1) is 0 Å². The van der Waals surface area contributed by atoms with E-state index >= 15 is 0 Å². The van der Waals surface area contributed by atoms with Crippen LogP contribution in [0.15, 0.2) is 30.3 Å². The van der Waals surface area contributed by atoms with E-state index in [-0.39, 0.29) is 6.04 Å². The lowest BCUT2D eigenvalue weighted by atomic mass is 9.60. The molecule has 120 valence electrons. The van der Waals surface area contributed by atoms with Crippen molar-refractivity contribution in [1.29, 1.82) is 0 Å². The summed E-state index contributed by atoms with van der Waals surface area (Å²) in [7, 11) is 0. The topological polar surface area (TPSA) is 23.5 Å². The number of benzene rings is 1. The highest BCUT2D eigenvalue weighted by Crippen LogP contribution is 2.53. The number of hydrogen-bond donors (Lipinski definition) is 1. The third-order valence-electron chi connectivity index (χ3n) is 6.62. The SMILES string of the molecule is CC(C)(O)[C@H](c1ccccc1)N1CC2C3CCC(CC3)C2C1. The first-order valence-electron chi connectivity index (χ1n) is 9.05. The molecule has 3 saturated carbocycles. The Balaban J connectivity index is 1.62. The molecule has 1 aliphatic heterocycles. The van der Waals surface area contributed by atoms with Crippen molar-refractivity contribution in [3.05, 3.63) is 35.9 Å². The summed E-state index contributed by atoms with van der Waals surface area (Å²) >= 11 is 0. The van der Waals surface area contributed by atoms with Crippen LogP contribution in [0.25, 0.3) is 0 Å². The summed E-state index contributed by atoms with van der Waals surface area (Å²) < 4.78 is 0. The summed E-state index contributed by atoms with van der Waals surface area (Å²) in [5.41, 5.74) is 0.564. The van der Waals surface area contributed by atoms with E-state index in [1.807, 2.05) is 13.8 Å². The van der Waals surface area contributed by atoms with Crippen molar-refractivity contribution in [3.8, 4) is 0 Å². The average Bonchev–Trinajstić information content (AvgIpc) is 2.94. The van der Waals surface area contributed by atoms with Crippen molar-refractivity contribution in [3.63, 3.8) is 0 Å². The van der Waals surface area contributed by atoms with Crippen LogP contribution in [-0.4, -0.2) is 28.7 Å². The maximum Gasteiger partial charge on any atom is 0.0787 e. The van der Waals surface area contributed by atoms with Crippen molar-refractivity contribution in [2.24, 2.45) is 23.7 Å². The summed E-state index contributed by atoms with van der Waals surface area (Å²) in [5, 5.41) is 10.8. The van der Waals surface area contributed by atoms with E-state index in [0.29, 0.717) is 0 Å². The van der Waals surface area contributed by atoms with E-state index in [9.17, 15) is 5.11 Å². The maximum absolute atomic E-state index is 10.8. The van der Waals surface area contributed by atoms with Gasteiger partial charge in [0.25, 0.3) is 0 Å². The smallest absolute Gasteiger partial charge is 0.0787 e. The van der Waals surface area contributed by atoms with Crippen LogP contribution in [0.4, 0.5) is 0 Å². The van der Waals surface area contributed by atoms with Gasteiger partial charge in [-0.1, -0.05) is 30.3 Å². The van der Waals surface area contributed by atoms with E-state index in [1.54, 1.807) is 0 Å². The normalized spacial score (nSPS) is 36.3. The first-order valence-corrected chi connectivity index (χ1v) is 9.05. The first-order chi connectivity index (χ1) is 10.5. The lowest BCUT2D eigenvalue weighted by molar-refractivity contribution is -0.0156. The summed E-state index contributed by atoms with van der Waals surface area (Å²) in [6.07, 6.45) is 5.83. The Hall–Kier alpha value is -0.860. The van der Waals surface area contributed by atoms with Gasteiger partial charge in [-0.05, 0) is 68.8 Å². The van der Waals surface area contributed by atoms with Gasteiger partial charge in [0, 0.05) is 13.1 Å². The predicted molar refractivity (Wildman–Crippen MR) is 89.5 cm³/mol. The zero-order valence-corrected chi connectivity index (χ0v) is 13.9. The minimum Gasteiger partial charge on any atom is -0.388 e. The molecule has 2 heteroatoms. The van der Waals surface area contributed by atoms with Gasteiger partial charge < -0.3 is 5.11 Å². The van der Waals surface area contributed by atoms with Gasteiger partial charge in [0.05, 0.1) is 11.6 Å². The number of nitrogens with zero attached hydrogens (tertiary/aromatic N) is 1. The van der Waals surface area contributed by atoms with Crippen LogP contribution in [0.3, 0.4) is 0 Å². The minimum atomic E-state index is -0.701. The Bertz CT molecular complexity index is 492. The van der Waals surface area contributed by atoms with Crippen LogP contribution in [-0.2, 0) is 0 Å². The Kier molecular flexibility index (Phi) is 3.58. The molecule has 3 atom stereocenters. The van der Waals surface area contributed by atoms with Gasteiger partial charge >= 0.3 is 0 Å². The van der Waals surface area contributed by atoms with Crippen LogP contribution < -0.4 is 0 Å². The number of fused-ring (bicyclic) bond motifs is 2. The fourth-order valence-electron chi connectivity index (χ4n) is 5.80. The molecule has 1 N–H and O–H groups in total. The van der Waals surface area contributed by atoms with Gasteiger partial charge in [-0.3, -0.25) is 4.90 Å². The summed E-state index contributed by atoms with van der Waals surface area (Å²) in [6, 6.07) is 10.7. The van der Waals surface area contributed by atoms with E-state index < -0.39 is 5.60 Å². The number of rotatable bonds is 3. The molecule has 2 bridgehead atoms. The highest BCUT2D eigenvalue weighted by Gasteiger charge is 2.50. The Morgan fingerprint density at radius 3 is 1.91 bits per heavy atom.